The highest BCUT2D eigenvalue weighted by atomic mass is 19.1. The van der Waals surface area contributed by atoms with Gasteiger partial charge in [-0.25, -0.2) is 9.37 Å². The Kier molecular flexibility index (Phi) is 3.17. The summed E-state index contributed by atoms with van der Waals surface area (Å²) in [7, 11) is 0. The zero-order valence-corrected chi connectivity index (χ0v) is 11.7. The highest BCUT2D eigenvalue weighted by Crippen LogP contribution is 2.27. The van der Waals surface area contributed by atoms with E-state index in [4.69, 9.17) is 0 Å². The third kappa shape index (κ3) is 2.27. The summed E-state index contributed by atoms with van der Waals surface area (Å²) in [6.45, 7) is 3.68. The molecule has 106 valence electrons. The molecule has 0 aliphatic rings. The summed E-state index contributed by atoms with van der Waals surface area (Å²) in [6, 6.07) is 7.06. The number of nitrogens with one attached hydrogen (secondary N) is 1. The van der Waals surface area contributed by atoms with Crippen LogP contribution in [0.15, 0.2) is 36.7 Å². The molecule has 0 saturated carbocycles. The van der Waals surface area contributed by atoms with Crippen LogP contribution in [0.25, 0.3) is 16.8 Å². The van der Waals surface area contributed by atoms with Crippen molar-refractivity contribution in [1.82, 2.24) is 9.38 Å². The number of pyridine rings is 1. The van der Waals surface area contributed by atoms with E-state index < -0.39 is 0 Å². The average Bonchev–Trinajstić information content (AvgIpc) is 2.87. The topological polar surface area (TPSA) is 46.4 Å². The Morgan fingerprint density at radius 1 is 1.14 bits per heavy atom. The first-order chi connectivity index (χ1) is 10.1. The lowest BCUT2D eigenvalue weighted by molar-refractivity contribution is -0.105. The molecule has 3 aromatic rings. The van der Waals surface area contributed by atoms with E-state index in [9.17, 15) is 9.18 Å². The number of halogens is 1. The minimum Gasteiger partial charge on any atom is -0.312 e. The average molecular weight is 283 g/mol. The minimum absolute atomic E-state index is 0.197. The van der Waals surface area contributed by atoms with Crippen LogP contribution < -0.4 is 5.32 Å². The molecule has 1 N–H and O–H groups in total. The summed E-state index contributed by atoms with van der Waals surface area (Å²) in [6.07, 6.45) is 4.24. The van der Waals surface area contributed by atoms with Crippen LogP contribution in [0.5, 0.6) is 0 Å². The number of benzene rings is 1. The summed E-state index contributed by atoms with van der Waals surface area (Å²) in [5.74, 6) is 0.298. The van der Waals surface area contributed by atoms with E-state index in [2.05, 4.69) is 10.3 Å². The lowest BCUT2D eigenvalue weighted by atomic mass is 9.98. The van der Waals surface area contributed by atoms with Gasteiger partial charge in [0, 0.05) is 6.20 Å². The van der Waals surface area contributed by atoms with E-state index >= 15 is 0 Å². The molecule has 0 unspecified atom stereocenters. The number of hydrogen-bond acceptors (Lipinski definition) is 2. The van der Waals surface area contributed by atoms with E-state index in [0.717, 1.165) is 22.3 Å². The van der Waals surface area contributed by atoms with Crippen LogP contribution in [-0.4, -0.2) is 15.8 Å². The number of anilines is 1. The molecule has 21 heavy (non-hydrogen) atoms. The first-order valence-electron chi connectivity index (χ1n) is 6.55. The highest BCUT2D eigenvalue weighted by molar-refractivity contribution is 5.72. The molecule has 3 rings (SSSR count). The number of nitrogens with zero attached hydrogens (tertiary/aromatic N) is 2. The van der Waals surface area contributed by atoms with E-state index in [1.54, 1.807) is 19.2 Å². The fourth-order valence-corrected chi connectivity index (χ4v) is 2.38. The Hall–Kier alpha value is -2.69. The molecule has 1 amide bonds. The lowest BCUT2D eigenvalue weighted by Gasteiger charge is -2.10. The molecule has 0 aliphatic heterocycles. The third-order valence-electron chi connectivity index (χ3n) is 3.69. The van der Waals surface area contributed by atoms with E-state index in [-0.39, 0.29) is 5.82 Å². The Bertz CT molecular complexity index is 839. The molecule has 0 fully saturated rings. The largest absolute Gasteiger partial charge is 0.312 e. The van der Waals surface area contributed by atoms with Gasteiger partial charge in [0.2, 0.25) is 6.41 Å². The molecule has 2 aromatic heterocycles. The summed E-state index contributed by atoms with van der Waals surface area (Å²) in [5.41, 5.74) is 4.26. The molecule has 0 radical (unpaired) electrons. The van der Waals surface area contributed by atoms with Crippen molar-refractivity contribution in [2.24, 2.45) is 0 Å². The van der Waals surface area contributed by atoms with Gasteiger partial charge in [-0.3, -0.25) is 4.79 Å². The van der Waals surface area contributed by atoms with Crippen LogP contribution in [-0.2, 0) is 4.79 Å². The molecule has 0 spiro atoms. The summed E-state index contributed by atoms with van der Waals surface area (Å²) >= 11 is 0. The maximum absolute atomic E-state index is 13.6. The van der Waals surface area contributed by atoms with Crippen LogP contribution >= 0.6 is 0 Å². The fraction of sp³-hybridized carbons (Fsp3) is 0.125. The van der Waals surface area contributed by atoms with Crippen molar-refractivity contribution in [2.45, 2.75) is 13.8 Å². The van der Waals surface area contributed by atoms with Gasteiger partial charge in [-0.05, 0) is 54.3 Å². The number of carbonyl (C=O) groups excluding carboxylic acids is 1. The van der Waals surface area contributed by atoms with Crippen LogP contribution in [0, 0.1) is 19.7 Å². The second-order valence-electron chi connectivity index (χ2n) is 4.92. The molecule has 0 bridgehead atoms. The zero-order valence-electron chi connectivity index (χ0n) is 11.7. The Morgan fingerprint density at radius 2 is 1.95 bits per heavy atom. The van der Waals surface area contributed by atoms with Crippen molar-refractivity contribution in [3.05, 3.63) is 53.6 Å². The van der Waals surface area contributed by atoms with Crippen LogP contribution in [0.2, 0.25) is 0 Å². The smallest absolute Gasteiger partial charge is 0.212 e. The van der Waals surface area contributed by atoms with Gasteiger partial charge in [0.25, 0.3) is 0 Å². The fourth-order valence-electron chi connectivity index (χ4n) is 2.38. The van der Waals surface area contributed by atoms with Gasteiger partial charge in [0.05, 0.1) is 6.20 Å². The second-order valence-corrected chi connectivity index (χ2v) is 4.92. The number of rotatable bonds is 3. The number of hydrogen-bond donors (Lipinski definition) is 1. The minimum atomic E-state index is -0.197. The van der Waals surface area contributed by atoms with Gasteiger partial charge in [0.1, 0.15) is 11.5 Å². The molecular weight excluding hydrogens is 269 g/mol. The van der Waals surface area contributed by atoms with Crippen molar-refractivity contribution in [1.29, 1.82) is 0 Å². The van der Waals surface area contributed by atoms with Gasteiger partial charge in [0.15, 0.2) is 5.82 Å². The SMILES string of the molecule is Cc1c(F)ccc(-c2ccc3nc(NC=O)cn3c2)c1C. The maximum Gasteiger partial charge on any atom is 0.212 e. The van der Waals surface area contributed by atoms with Crippen LogP contribution in [0.1, 0.15) is 11.1 Å². The lowest BCUT2D eigenvalue weighted by Crippen LogP contribution is -1.93. The predicted molar refractivity (Wildman–Crippen MR) is 79.7 cm³/mol. The summed E-state index contributed by atoms with van der Waals surface area (Å²) in [4.78, 5) is 14.7. The monoisotopic (exact) mass is 283 g/mol. The molecule has 0 atom stereocenters. The molecule has 5 heteroatoms. The predicted octanol–water partition coefficient (Wildman–Crippen LogP) is 3.33. The Morgan fingerprint density at radius 3 is 2.71 bits per heavy atom. The van der Waals surface area contributed by atoms with Crippen molar-refractivity contribution in [2.75, 3.05) is 5.32 Å². The Balaban J connectivity index is 2.12. The van der Waals surface area contributed by atoms with Gasteiger partial charge in [-0.1, -0.05) is 6.07 Å². The summed E-state index contributed by atoms with van der Waals surface area (Å²) in [5, 5.41) is 2.52. The molecule has 1 aromatic carbocycles. The van der Waals surface area contributed by atoms with Crippen molar-refractivity contribution in [3.63, 3.8) is 0 Å². The third-order valence-corrected chi connectivity index (χ3v) is 3.69. The first-order valence-corrected chi connectivity index (χ1v) is 6.55. The molecule has 4 nitrogen and oxygen atoms in total. The number of fused-ring (bicyclic) bond motifs is 1. The quantitative estimate of drug-likeness (QED) is 0.749. The van der Waals surface area contributed by atoms with Crippen molar-refractivity contribution in [3.8, 4) is 11.1 Å². The second kappa shape index (κ2) is 5.01. The van der Waals surface area contributed by atoms with E-state index in [0.29, 0.717) is 17.8 Å². The number of carbonyl (C=O) groups is 1. The molecule has 0 aliphatic carbocycles. The molecular formula is C16H14FN3O. The van der Waals surface area contributed by atoms with Gasteiger partial charge in [-0.15, -0.1) is 0 Å². The standard InChI is InChI=1S/C16H14FN3O/c1-10-11(2)14(17)5-4-13(10)12-3-6-16-19-15(18-9-21)8-20(16)7-12/h3-9H,1-2H3,(H,18,21). The maximum atomic E-state index is 13.6. The molecule has 2 heterocycles. The van der Waals surface area contributed by atoms with Crippen molar-refractivity contribution >= 4 is 17.9 Å². The zero-order chi connectivity index (χ0) is 15.0. The molecule has 0 saturated heterocycles. The number of imidazole rings is 1. The van der Waals surface area contributed by atoms with Gasteiger partial charge in [-0.2, -0.15) is 0 Å². The summed E-state index contributed by atoms with van der Waals surface area (Å²) < 4.78 is 15.4. The normalized spacial score (nSPS) is 10.8. The van der Waals surface area contributed by atoms with E-state index in [1.165, 1.54) is 6.07 Å². The van der Waals surface area contributed by atoms with Gasteiger partial charge >= 0.3 is 0 Å². The first kappa shape index (κ1) is 13.3. The number of aromatic nitrogens is 2. The van der Waals surface area contributed by atoms with E-state index in [1.807, 2.05) is 29.7 Å². The highest BCUT2D eigenvalue weighted by Gasteiger charge is 2.09. The van der Waals surface area contributed by atoms with Crippen molar-refractivity contribution < 1.29 is 9.18 Å². The van der Waals surface area contributed by atoms with Crippen LogP contribution in [0.3, 0.4) is 0 Å². The number of amides is 1. The van der Waals surface area contributed by atoms with Crippen LogP contribution in [0.4, 0.5) is 10.2 Å². The van der Waals surface area contributed by atoms with Gasteiger partial charge < -0.3 is 9.72 Å². The Labute approximate surface area is 121 Å².